The van der Waals surface area contributed by atoms with Crippen LogP contribution >= 0.6 is 34.2 Å². The molecule has 0 saturated carbocycles. The third kappa shape index (κ3) is 5.35. The van der Waals surface area contributed by atoms with Crippen molar-refractivity contribution in [2.75, 3.05) is 31.9 Å². The number of aromatic nitrogens is 1. The van der Waals surface area contributed by atoms with E-state index in [9.17, 15) is 4.79 Å². The third-order valence-electron chi connectivity index (χ3n) is 7.83. The van der Waals surface area contributed by atoms with E-state index >= 15 is 4.39 Å². The van der Waals surface area contributed by atoms with Crippen LogP contribution in [0.2, 0.25) is 5.15 Å². The largest absolute Gasteiger partial charge is 0.468 e. The Morgan fingerprint density at radius 1 is 1.07 bits per heavy atom. The molecule has 0 radical (unpaired) electrons. The van der Waals surface area contributed by atoms with Crippen LogP contribution in [-0.4, -0.2) is 60.7 Å². The molecule has 0 aliphatic carbocycles. The number of fused-ring (bicyclic) bond motifs is 4. The summed E-state index contributed by atoms with van der Waals surface area (Å²) in [7, 11) is 1.56. The van der Waals surface area contributed by atoms with Gasteiger partial charge in [-0.2, -0.15) is 0 Å². The number of carbonyl (C=O) groups excluding carboxylic acids is 1. The van der Waals surface area contributed by atoms with Gasteiger partial charge in [-0.1, -0.05) is 41.9 Å². The molecule has 42 heavy (non-hydrogen) atoms. The van der Waals surface area contributed by atoms with E-state index in [2.05, 4.69) is 27.5 Å². The Labute approximate surface area is 263 Å². The maximum Gasteiger partial charge on any atom is 0.410 e. The van der Waals surface area contributed by atoms with E-state index in [1.54, 1.807) is 12.0 Å². The van der Waals surface area contributed by atoms with E-state index in [0.29, 0.717) is 44.6 Å². The number of amides is 1. The summed E-state index contributed by atoms with van der Waals surface area (Å²) in [6.45, 7) is 6.72. The first-order valence-corrected chi connectivity index (χ1v) is 15.4. The fraction of sp³-hybridized carbons (Fsp3) is 0.375. The van der Waals surface area contributed by atoms with Gasteiger partial charge in [-0.25, -0.2) is 14.2 Å². The minimum Gasteiger partial charge on any atom is -0.468 e. The number of anilines is 1. The number of piperazine rings is 1. The molecule has 2 aliphatic heterocycles. The van der Waals surface area contributed by atoms with Crippen molar-refractivity contribution >= 4 is 67.6 Å². The summed E-state index contributed by atoms with van der Waals surface area (Å²) in [6, 6.07) is 15.4. The normalized spacial score (nSPS) is 18.6. The number of likely N-dealkylation sites (tertiary alicyclic amines) is 1. The van der Waals surface area contributed by atoms with Crippen LogP contribution in [0.1, 0.15) is 33.6 Å². The van der Waals surface area contributed by atoms with E-state index in [1.807, 2.05) is 69.3 Å². The first-order chi connectivity index (χ1) is 20.1. The number of nitrogens with zero attached hydrogens (tertiary/aromatic N) is 3. The lowest BCUT2D eigenvalue weighted by Crippen LogP contribution is -2.56. The number of benzene rings is 3. The van der Waals surface area contributed by atoms with Gasteiger partial charge >= 0.3 is 6.09 Å². The molecule has 0 N–H and O–H groups in total. The topological polar surface area (TPSA) is 64.1 Å². The van der Waals surface area contributed by atoms with Crippen molar-refractivity contribution in [1.29, 1.82) is 0 Å². The van der Waals surface area contributed by atoms with Crippen molar-refractivity contribution in [2.45, 2.75) is 51.3 Å². The number of methoxy groups -OCH3 is 1. The zero-order chi connectivity index (χ0) is 29.8. The molecule has 6 rings (SSSR count). The predicted octanol–water partition coefficient (Wildman–Crippen LogP) is 8.02. The molecule has 3 heterocycles. The molecular formula is C32H32ClFIN3O4. The Morgan fingerprint density at radius 3 is 2.48 bits per heavy atom. The van der Waals surface area contributed by atoms with Crippen molar-refractivity contribution in [3.63, 3.8) is 0 Å². The molecular weight excluding hydrogens is 672 g/mol. The summed E-state index contributed by atoms with van der Waals surface area (Å²) in [5.41, 5.74) is 0.602. The first kappa shape index (κ1) is 29.2. The van der Waals surface area contributed by atoms with E-state index in [4.69, 9.17) is 30.8 Å². The summed E-state index contributed by atoms with van der Waals surface area (Å²) in [6.07, 6.45) is 1.49. The van der Waals surface area contributed by atoms with Gasteiger partial charge in [0.05, 0.1) is 3.57 Å². The molecule has 3 aromatic carbocycles. The van der Waals surface area contributed by atoms with Crippen LogP contribution in [-0.2, 0) is 9.47 Å². The number of hydrogen-bond donors (Lipinski definition) is 0. The minimum atomic E-state index is -0.565. The molecule has 220 valence electrons. The second-order valence-corrected chi connectivity index (χ2v) is 13.2. The molecule has 10 heteroatoms. The van der Waals surface area contributed by atoms with Gasteiger partial charge in [0, 0.05) is 48.6 Å². The highest BCUT2D eigenvalue weighted by atomic mass is 127. The molecule has 2 bridgehead atoms. The highest BCUT2D eigenvalue weighted by Crippen LogP contribution is 2.44. The molecule has 0 spiro atoms. The van der Waals surface area contributed by atoms with Gasteiger partial charge in [-0.3, -0.25) is 0 Å². The van der Waals surface area contributed by atoms with Gasteiger partial charge < -0.3 is 24.0 Å². The summed E-state index contributed by atoms with van der Waals surface area (Å²) in [4.78, 5) is 21.7. The standard InChI is InChI=1S/C32H32ClFIN3O4/c1-32(2,3)42-31(39)37-15-19-9-10-20(16-37)38(19)30-24-12-11-23(27(34)26(24)28(35)29(33)36-30)25-14-21(41-17-40-4)13-18-7-5-6-8-22(18)25/h5-8,11-14,19-20H,9-10,15-17H2,1-4H3. The van der Waals surface area contributed by atoms with Crippen LogP contribution in [0.15, 0.2) is 48.5 Å². The molecule has 1 aromatic heterocycles. The number of pyridine rings is 1. The molecule has 1 amide bonds. The molecule has 2 atom stereocenters. The van der Waals surface area contributed by atoms with Gasteiger partial charge in [-0.05, 0) is 90.7 Å². The first-order valence-electron chi connectivity index (χ1n) is 13.9. The van der Waals surface area contributed by atoms with E-state index < -0.39 is 5.60 Å². The number of rotatable bonds is 5. The Kier molecular flexibility index (Phi) is 7.86. The zero-order valence-electron chi connectivity index (χ0n) is 23.9. The van der Waals surface area contributed by atoms with Crippen molar-refractivity contribution in [3.05, 3.63) is 63.1 Å². The Morgan fingerprint density at radius 2 is 1.79 bits per heavy atom. The van der Waals surface area contributed by atoms with Gasteiger partial charge in [0.2, 0.25) is 0 Å². The lowest BCUT2D eigenvalue weighted by Gasteiger charge is -2.42. The molecule has 2 saturated heterocycles. The second-order valence-electron chi connectivity index (χ2n) is 11.8. The predicted molar refractivity (Wildman–Crippen MR) is 172 cm³/mol. The third-order valence-corrected chi connectivity index (χ3v) is 9.48. The second kappa shape index (κ2) is 11.3. The van der Waals surface area contributed by atoms with Gasteiger partial charge in [0.1, 0.15) is 28.1 Å². The Bertz CT molecular complexity index is 1680. The van der Waals surface area contributed by atoms with Crippen molar-refractivity contribution in [2.24, 2.45) is 0 Å². The van der Waals surface area contributed by atoms with Crippen LogP contribution in [0, 0.1) is 9.39 Å². The van der Waals surface area contributed by atoms with Crippen LogP contribution in [0.5, 0.6) is 5.75 Å². The SMILES string of the molecule is COCOc1cc(-c2ccc3c(N4C5CCC4CN(C(=O)OC(C)(C)C)C5)nc(Cl)c(I)c3c2F)c2ccccc2c1. The van der Waals surface area contributed by atoms with Gasteiger partial charge in [0.15, 0.2) is 6.79 Å². The average Bonchev–Trinajstić information content (AvgIpc) is 3.20. The summed E-state index contributed by atoms with van der Waals surface area (Å²) in [5.74, 6) is 0.878. The number of halogens is 3. The zero-order valence-corrected chi connectivity index (χ0v) is 26.8. The van der Waals surface area contributed by atoms with Crippen LogP contribution in [0.25, 0.3) is 32.7 Å². The van der Waals surface area contributed by atoms with E-state index in [1.165, 1.54) is 0 Å². The maximum absolute atomic E-state index is 16.7. The van der Waals surface area contributed by atoms with Crippen molar-refractivity contribution in [3.8, 4) is 16.9 Å². The number of hydrogen-bond acceptors (Lipinski definition) is 6. The smallest absolute Gasteiger partial charge is 0.410 e. The van der Waals surface area contributed by atoms with E-state index in [-0.39, 0.29) is 35.9 Å². The van der Waals surface area contributed by atoms with Crippen LogP contribution in [0.4, 0.5) is 15.0 Å². The molecule has 2 fully saturated rings. The van der Waals surface area contributed by atoms with E-state index in [0.717, 1.165) is 29.2 Å². The molecule has 2 unspecified atom stereocenters. The summed E-state index contributed by atoms with van der Waals surface area (Å²) < 4.78 is 33.8. The fourth-order valence-electron chi connectivity index (χ4n) is 6.13. The van der Waals surface area contributed by atoms with Crippen LogP contribution in [0.3, 0.4) is 0 Å². The van der Waals surface area contributed by atoms with Gasteiger partial charge in [-0.15, -0.1) is 0 Å². The molecule has 2 aliphatic rings. The lowest BCUT2D eigenvalue weighted by molar-refractivity contribution is 0.0209. The van der Waals surface area contributed by atoms with Crippen molar-refractivity contribution in [1.82, 2.24) is 9.88 Å². The minimum absolute atomic E-state index is 0.0318. The summed E-state index contributed by atoms with van der Waals surface area (Å²) >= 11 is 8.78. The van der Waals surface area contributed by atoms with Gasteiger partial charge in [0.25, 0.3) is 0 Å². The molecule has 4 aromatic rings. The quantitative estimate of drug-likeness (QED) is 0.119. The average molecular weight is 704 g/mol. The van der Waals surface area contributed by atoms with Crippen LogP contribution < -0.4 is 9.64 Å². The number of ether oxygens (including phenoxy) is 3. The Hall–Kier alpha value is -2.89. The summed E-state index contributed by atoms with van der Waals surface area (Å²) in [5, 5.41) is 3.23. The highest BCUT2D eigenvalue weighted by molar-refractivity contribution is 14.1. The number of carbonyl (C=O) groups is 1. The maximum atomic E-state index is 16.7. The Balaban J connectivity index is 1.44. The molecule has 7 nitrogen and oxygen atoms in total. The fourth-order valence-corrected chi connectivity index (χ4v) is 6.95. The highest BCUT2D eigenvalue weighted by Gasteiger charge is 2.44. The monoisotopic (exact) mass is 703 g/mol. The lowest BCUT2D eigenvalue weighted by atomic mass is 9.95. The van der Waals surface area contributed by atoms with Crippen molar-refractivity contribution < 1.29 is 23.4 Å².